The second-order valence-corrected chi connectivity index (χ2v) is 5.29. The Bertz CT molecular complexity index is 380. The first-order valence-electron chi connectivity index (χ1n) is 7.67. The normalized spacial score (nSPS) is 20.1. The molecule has 106 valence electrons. The highest BCUT2D eigenvalue weighted by molar-refractivity contribution is 5.44. The molecule has 1 aromatic rings. The first-order chi connectivity index (χ1) is 9.35. The van der Waals surface area contributed by atoms with Crippen LogP contribution < -0.4 is 10.2 Å². The summed E-state index contributed by atoms with van der Waals surface area (Å²) in [5, 5.41) is 3.32. The number of anilines is 2. The lowest BCUT2D eigenvalue weighted by Crippen LogP contribution is -2.35. The molecule has 2 rings (SSSR count). The van der Waals surface area contributed by atoms with E-state index in [1.165, 1.54) is 32.1 Å². The summed E-state index contributed by atoms with van der Waals surface area (Å²) < 4.78 is 0. The molecule has 1 atom stereocenters. The van der Waals surface area contributed by atoms with Crippen LogP contribution in [0.15, 0.2) is 12.4 Å². The summed E-state index contributed by atoms with van der Waals surface area (Å²) in [6.45, 7) is 6.50. The van der Waals surface area contributed by atoms with Gasteiger partial charge in [0.1, 0.15) is 11.6 Å². The van der Waals surface area contributed by atoms with Gasteiger partial charge in [0.25, 0.3) is 0 Å². The summed E-state index contributed by atoms with van der Waals surface area (Å²) in [5.74, 6) is 1.94. The van der Waals surface area contributed by atoms with Crippen molar-refractivity contribution in [1.29, 1.82) is 0 Å². The van der Waals surface area contributed by atoms with E-state index < -0.39 is 0 Å². The topological polar surface area (TPSA) is 41.1 Å². The van der Waals surface area contributed by atoms with Gasteiger partial charge in [0.2, 0.25) is 0 Å². The number of rotatable bonds is 5. The molecule has 1 aliphatic heterocycles. The van der Waals surface area contributed by atoms with Gasteiger partial charge >= 0.3 is 0 Å². The molecule has 1 aliphatic rings. The van der Waals surface area contributed by atoms with E-state index in [0.29, 0.717) is 6.04 Å². The van der Waals surface area contributed by atoms with Gasteiger partial charge in [0.15, 0.2) is 0 Å². The van der Waals surface area contributed by atoms with Crippen molar-refractivity contribution in [2.45, 2.75) is 58.4 Å². The number of nitrogens with one attached hydrogen (secondary N) is 1. The molecule has 0 saturated carbocycles. The Labute approximate surface area is 116 Å². The van der Waals surface area contributed by atoms with Crippen LogP contribution in [0.4, 0.5) is 11.6 Å². The Hall–Kier alpha value is -1.32. The SMILES string of the molecule is CCCNc1cncc(N2CCCCCC2CC)n1. The van der Waals surface area contributed by atoms with Gasteiger partial charge in [-0.25, -0.2) is 4.98 Å². The quantitative estimate of drug-likeness (QED) is 0.882. The molecule has 4 heteroatoms. The highest BCUT2D eigenvalue weighted by Crippen LogP contribution is 2.24. The van der Waals surface area contributed by atoms with Crippen LogP contribution in [0.25, 0.3) is 0 Å². The minimum atomic E-state index is 0.623. The first kappa shape index (κ1) is 14.1. The van der Waals surface area contributed by atoms with E-state index in [-0.39, 0.29) is 0 Å². The highest BCUT2D eigenvalue weighted by Gasteiger charge is 2.21. The summed E-state index contributed by atoms with van der Waals surface area (Å²) in [6.07, 6.45) is 11.3. The lowest BCUT2D eigenvalue weighted by atomic mass is 10.1. The van der Waals surface area contributed by atoms with Crippen LogP contribution >= 0.6 is 0 Å². The van der Waals surface area contributed by atoms with Crippen LogP contribution in [0.1, 0.15) is 52.4 Å². The molecule has 0 aromatic carbocycles. The predicted octanol–water partition coefficient (Wildman–Crippen LogP) is 3.46. The fourth-order valence-corrected chi connectivity index (χ4v) is 2.74. The van der Waals surface area contributed by atoms with Gasteiger partial charge in [-0.15, -0.1) is 0 Å². The van der Waals surface area contributed by atoms with Crippen LogP contribution in [0.5, 0.6) is 0 Å². The molecule has 0 spiro atoms. The summed E-state index contributed by atoms with van der Waals surface area (Å²) >= 11 is 0. The molecular weight excluding hydrogens is 236 g/mol. The summed E-state index contributed by atoms with van der Waals surface area (Å²) in [4.78, 5) is 11.5. The molecule has 2 heterocycles. The van der Waals surface area contributed by atoms with Crippen molar-refractivity contribution in [3.8, 4) is 0 Å². The van der Waals surface area contributed by atoms with Gasteiger partial charge in [-0.2, -0.15) is 0 Å². The van der Waals surface area contributed by atoms with Crippen molar-refractivity contribution in [3.05, 3.63) is 12.4 Å². The molecule has 1 aromatic heterocycles. The fourth-order valence-electron chi connectivity index (χ4n) is 2.74. The molecule has 1 N–H and O–H groups in total. The average Bonchev–Trinajstić information content (AvgIpc) is 2.70. The second kappa shape index (κ2) is 7.31. The van der Waals surface area contributed by atoms with Crippen molar-refractivity contribution in [2.24, 2.45) is 0 Å². The maximum atomic E-state index is 4.73. The molecule has 19 heavy (non-hydrogen) atoms. The molecule has 0 bridgehead atoms. The molecule has 1 saturated heterocycles. The van der Waals surface area contributed by atoms with Crippen LogP contribution in [0.2, 0.25) is 0 Å². The van der Waals surface area contributed by atoms with Crippen molar-refractivity contribution in [3.63, 3.8) is 0 Å². The molecular formula is C15H26N4. The Balaban J connectivity index is 2.13. The zero-order valence-electron chi connectivity index (χ0n) is 12.2. The van der Waals surface area contributed by atoms with Crippen LogP contribution in [-0.4, -0.2) is 29.1 Å². The Morgan fingerprint density at radius 3 is 2.95 bits per heavy atom. The molecule has 1 fully saturated rings. The maximum Gasteiger partial charge on any atom is 0.149 e. The monoisotopic (exact) mass is 262 g/mol. The van der Waals surface area contributed by atoms with Crippen LogP contribution in [-0.2, 0) is 0 Å². The number of aromatic nitrogens is 2. The van der Waals surface area contributed by atoms with Crippen molar-refractivity contribution < 1.29 is 0 Å². The van der Waals surface area contributed by atoms with Gasteiger partial charge in [-0.3, -0.25) is 4.98 Å². The van der Waals surface area contributed by atoms with Gasteiger partial charge in [0, 0.05) is 19.1 Å². The molecule has 0 amide bonds. The minimum absolute atomic E-state index is 0.623. The molecule has 0 radical (unpaired) electrons. The first-order valence-corrected chi connectivity index (χ1v) is 7.67. The molecule has 0 aliphatic carbocycles. The number of hydrogen-bond donors (Lipinski definition) is 1. The van der Waals surface area contributed by atoms with Crippen molar-refractivity contribution in [1.82, 2.24) is 9.97 Å². The van der Waals surface area contributed by atoms with Crippen LogP contribution in [0, 0.1) is 0 Å². The Kier molecular flexibility index (Phi) is 5.43. The largest absolute Gasteiger partial charge is 0.369 e. The van der Waals surface area contributed by atoms with E-state index in [1.54, 1.807) is 0 Å². The zero-order chi connectivity index (χ0) is 13.5. The second-order valence-electron chi connectivity index (χ2n) is 5.29. The Morgan fingerprint density at radius 2 is 2.16 bits per heavy atom. The lowest BCUT2D eigenvalue weighted by molar-refractivity contribution is 0.552. The van der Waals surface area contributed by atoms with E-state index >= 15 is 0 Å². The van der Waals surface area contributed by atoms with Crippen molar-refractivity contribution >= 4 is 11.6 Å². The Morgan fingerprint density at radius 1 is 1.26 bits per heavy atom. The third-order valence-electron chi connectivity index (χ3n) is 3.82. The van der Waals surface area contributed by atoms with Gasteiger partial charge in [-0.1, -0.05) is 26.7 Å². The fraction of sp³-hybridized carbons (Fsp3) is 0.733. The minimum Gasteiger partial charge on any atom is -0.369 e. The zero-order valence-corrected chi connectivity index (χ0v) is 12.2. The molecule has 4 nitrogen and oxygen atoms in total. The van der Waals surface area contributed by atoms with E-state index in [9.17, 15) is 0 Å². The third-order valence-corrected chi connectivity index (χ3v) is 3.82. The average molecular weight is 262 g/mol. The predicted molar refractivity (Wildman–Crippen MR) is 80.7 cm³/mol. The maximum absolute atomic E-state index is 4.73. The molecule has 1 unspecified atom stereocenters. The third kappa shape index (κ3) is 3.82. The van der Waals surface area contributed by atoms with Gasteiger partial charge in [-0.05, 0) is 25.7 Å². The van der Waals surface area contributed by atoms with E-state index in [0.717, 1.165) is 31.1 Å². The highest BCUT2D eigenvalue weighted by atomic mass is 15.2. The standard InChI is InChI=1S/C15H26N4/c1-3-9-17-14-11-16-12-15(18-14)19-10-7-5-6-8-13(19)4-2/h11-13H,3-10H2,1-2H3,(H,17,18). The van der Waals surface area contributed by atoms with E-state index in [1.807, 2.05) is 12.4 Å². The van der Waals surface area contributed by atoms with Gasteiger partial charge < -0.3 is 10.2 Å². The van der Waals surface area contributed by atoms with Crippen LogP contribution in [0.3, 0.4) is 0 Å². The summed E-state index contributed by atoms with van der Waals surface area (Å²) in [6, 6.07) is 0.623. The number of nitrogens with zero attached hydrogens (tertiary/aromatic N) is 3. The summed E-state index contributed by atoms with van der Waals surface area (Å²) in [7, 11) is 0. The lowest BCUT2D eigenvalue weighted by Gasteiger charge is -2.30. The van der Waals surface area contributed by atoms with Crippen molar-refractivity contribution in [2.75, 3.05) is 23.3 Å². The van der Waals surface area contributed by atoms with Gasteiger partial charge in [0.05, 0.1) is 12.4 Å². The smallest absolute Gasteiger partial charge is 0.149 e. The summed E-state index contributed by atoms with van der Waals surface area (Å²) in [5.41, 5.74) is 0. The number of hydrogen-bond acceptors (Lipinski definition) is 4. The van der Waals surface area contributed by atoms with E-state index in [2.05, 4.69) is 29.0 Å². The van der Waals surface area contributed by atoms with E-state index in [4.69, 9.17) is 4.98 Å².